The van der Waals surface area contributed by atoms with Gasteiger partial charge in [0.15, 0.2) is 0 Å². The maximum Gasteiger partial charge on any atom is 0.127 e. The Morgan fingerprint density at radius 3 is 2.76 bits per heavy atom. The van der Waals surface area contributed by atoms with Crippen LogP contribution in [0.4, 0.5) is 0 Å². The largest absolute Gasteiger partial charge is 0.383 e. The van der Waals surface area contributed by atoms with Gasteiger partial charge in [-0.3, -0.25) is 0 Å². The molecule has 6 heteroatoms. The molecule has 1 aromatic heterocycles. The highest BCUT2D eigenvalue weighted by Crippen LogP contribution is 2.24. The maximum atomic E-state index is 4.99. The molecule has 114 valence electrons. The smallest absolute Gasteiger partial charge is 0.127 e. The predicted octanol–water partition coefficient (Wildman–Crippen LogP) is 3.00. The first-order valence-corrected chi connectivity index (χ1v) is 8.87. The number of nitrogens with zero attached hydrogens (tertiary/aromatic N) is 2. The van der Waals surface area contributed by atoms with Crippen LogP contribution in [0.5, 0.6) is 0 Å². The van der Waals surface area contributed by atoms with Gasteiger partial charge in [-0.1, -0.05) is 18.2 Å². The van der Waals surface area contributed by atoms with Crippen molar-refractivity contribution >= 4 is 23.1 Å². The molecule has 0 saturated heterocycles. The molecule has 0 aliphatic rings. The number of benzene rings is 1. The second-order valence-corrected chi connectivity index (χ2v) is 6.73. The SMILES string of the molecule is COCCNCCCc1nnc(CSc2ccccc2)s1. The molecule has 0 bridgehead atoms. The Kier molecular flexibility index (Phi) is 7.73. The van der Waals surface area contributed by atoms with E-state index in [1.807, 2.05) is 6.07 Å². The third kappa shape index (κ3) is 6.56. The summed E-state index contributed by atoms with van der Waals surface area (Å²) >= 11 is 3.53. The minimum absolute atomic E-state index is 0.764. The van der Waals surface area contributed by atoms with Crippen molar-refractivity contribution in [3.8, 4) is 0 Å². The van der Waals surface area contributed by atoms with Crippen molar-refractivity contribution in [3.05, 3.63) is 40.3 Å². The number of hydrogen-bond acceptors (Lipinski definition) is 6. The summed E-state index contributed by atoms with van der Waals surface area (Å²) in [6.45, 7) is 2.67. The van der Waals surface area contributed by atoms with Crippen LogP contribution in [-0.2, 0) is 16.9 Å². The van der Waals surface area contributed by atoms with Gasteiger partial charge in [-0.15, -0.1) is 33.3 Å². The van der Waals surface area contributed by atoms with Crippen LogP contribution in [0.15, 0.2) is 35.2 Å². The lowest BCUT2D eigenvalue weighted by Gasteiger charge is -2.01. The molecule has 0 amide bonds. The van der Waals surface area contributed by atoms with Gasteiger partial charge >= 0.3 is 0 Å². The van der Waals surface area contributed by atoms with E-state index in [1.54, 1.807) is 30.2 Å². The molecule has 2 aromatic rings. The number of nitrogens with one attached hydrogen (secondary N) is 1. The zero-order valence-electron chi connectivity index (χ0n) is 12.2. The molecule has 1 N–H and O–H groups in total. The van der Waals surface area contributed by atoms with E-state index in [1.165, 1.54) is 4.90 Å². The standard InChI is InChI=1S/C15H21N3OS2/c1-19-11-10-16-9-5-8-14-17-18-15(21-14)12-20-13-6-3-2-4-7-13/h2-4,6-7,16H,5,8-12H2,1H3. The Balaban J connectivity index is 1.64. The van der Waals surface area contributed by atoms with Crippen molar-refractivity contribution in [2.45, 2.75) is 23.5 Å². The zero-order valence-corrected chi connectivity index (χ0v) is 13.9. The van der Waals surface area contributed by atoms with Gasteiger partial charge in [-0.2, -0.15) is 0 Å². The number of methoxy groups -OCH3 is 1. The summed E-state index contributed by atoms with van der Waals surface area (Å²) in [5.74, 6) is 0.897. The van der Waals surface area contributed by atoms with Gasteiger partial charge in [0.05, 0.1) is 12.4 Å². The molecule has 0 unspecified atom stereocenters. The predicted molar refractivity (Wildman–Crippen MR) is 89.0 cm³/mol. The topological polar surface area (TPSA) is 47.0 Å². The van der Waals surface area contributed by atoms with Gasteiger partial charge in [0, 0.05) is 25.0 Å². The normalized spacial score (nSPS) is 10.9. The first-order valence-electron chi connectivity index (χ1n) is 7.07. The van der Waals surface area contributed by atoms with E-state index < -0.39 is 0 Å². The molecule has 21 heavy (non-hydrogen) atoms. The summed E-state index contributed by atoms with van der Waals surface area (Å²) in [4.78, 5) is 1.27. The quantitative estimate of drug-likeness (QED) is 0.538. The molecule has 0 spiro atoms. The highest BCUT2D eigenvalue weighted by Gasteiger charge is 2.04. The van der Waals surface area contributed by atoms with Gasteiger partial charge in [-0.05, 0) is 25.1 Å². The Labute approximate surface area is 134 Å². The Morgan fingerprint density at radius 1 is 1.14 bits per heavy atom. The van der Waals surface area contributed by atoms with E-state index in [0.29, 0.717) is 0 Å². The minimum atomic E-state index is 0.764. The Hall–Kier alpha value is -0.950. The molecule has 0 fully saturated rings. The van der Waals surface area contributed by atoms with Crippen molar-refractivity contribution in [3.63, 3.8) is 0 Å². The van der Waals surface area contributed by atoms with Gasteiger partial charge in [0.1, 0.15) is 10.0 Å². The Morgan fingerprint density at radius 2 is 1.95 bits per heavy atom. The number of hydrogen-bond donors (Lipinski definition) is 1. The van der Waals surface area contributed by atoms with Crippen LogP contribution in [0.2, 0.25) is 0 Å². The van der Waals surface area contributed by atoms with Crippen LogP contribution in [-0.4, -0.2) is 37.0 Å². The maximum absolute atomic E-state index is 4.99. The molecule has 4 nitrogen and oxygen atoms in total. The van der Waals surface area contributed by atoms with E-state index >= 15 is 0 Å². The van der Waals surface area contributed by atoms with Crippen molar-refractivity contribution in [1.82, 2.24) is 15.5 Å². The lowest BCUT2D eigenvalue weighted by Crippen LogP contribution is -2.20. The van der Waals surface area contributed by atoms with Gasteiger partial charge < -0.3 is 10.1 Å². The highest BCUT2D eigenvalue weighted by atomic mass is 32.2. The fourth-order valence-corrected chi connectivity index (χ4v) is 3.56. The average Bonchev–Trinajstić information content (AvgIpc) is 2.98. The van der Waals surface area contributed by atoms with E-state index in [4.69, 9.17) is 4.74 Å². The number of aromatic nitrogens is 2. The van der Waals surface area contributed by atoms with Crippen LogP contribution < -0.4 is 5.32 Å². The third-order valence-electron chi connectivity index (χ3n) is 2.84. The summed E-state index contributed by atoms with van der Waals surface area (Å²) in [5.41, 5.74) is 0. The zero-order chi connectivity index (χ0) is 14.8. The molecule has 0 atom stereocenters. The molecule has 1 aromatic carbocycles. The van der Waals surface area contributed by atoms with Crippen LogP contribution in [0, 0.1) is 0 Å². The molecular formula is C15H21N3OS2. The fraction of sp³-hybridized carbons (Fsp3) is 0.467. The first kappa shape index (κ1) is 16.4. The molecule has 0 aliphatic carbocycles. The van der Waals surface area contributed by atoms with Gasteiger partial charge in [-0.25, -0.2) is 0 Å². The van der Waals surface area contributed by atoms with Gasteiger partial charge in [0.2, 0.25) is 0 Å². The third-order valence-corrected chi connectivity index (χ3v) is 5.03. The molecule has 0 radical (unpaired) electrons. The molecule has 1 heterocycles. The van der Waals surface area contributed by atoms with Crippen LogP contribution >= 0.6 is 23.1 Å². The first-order chi connectivity index (χ1) is 10.4. The van der Waals surface area contributed by atoms with Crippen LogP contribution in [0.1, 0.15) is 16.4 Å². The molecular weight excluding hydrogens is 302 g/mol. The highest BCUT2D eigenvalue weighted by molar-refractivity contribution is 7.98. The van der Waals surface area contributed by atoms with Gasteiger partial charge in [0.25, 0.3) is 0 Å². The van der Waals surface area contributed by atoms with E-state index in [0.717, 1.165) is 48.3 Å². The van der Waals surface area contributed by atoms with Crippen molar-refractivity contribution < 1.29 is 4.74 Å². The monoisotopic (exact) mass is 323 g/mol. The van der Waals surface area contributed by atoms with Crippen molar-refractivity contribution in [1.29, 1.82) is 0 Å². The fourth-order valence-electron chi connectivity index (χ4n) is 1.77. The number of aryl methyl sites for hydroxylation is 1. The lowest BCUT2D eigenvalue weighted by molar-refractivity contribution is 0.199. The summed E-state index contributed by atoms with van der Waals surface area (Å²) in [7, 11) is 1.72. The van der Waals surface area contributed by atoms with E-state index in [2.05, 4.69) is 39.8 Å². The summed E-state index contributed by atoms with van der Waals surface area (Å²) in [5, 5.41) is 14.1. The van der Waals surface area contributed by atoms with Crippen LogP contribution in [0.25, 0.3) is 0 Å². The number of ether oxygens (including phenoxy) is 1. The molecule has 0 aliphatic heterocycles. The van der Waals surface area contributed by atoms with Crippen molar-refractivity contribution in [2.24, 2.45) is 0 Å². The molecule has 2 rings (SSSR count). The van der Waals surface area contributed by atoms with E-state index in [-0.39, 0.29) is 0 Å². The lowest BCUT2D eigenvalue weighted by atomic mass is 10.3. The number of thioether (sulfide) groups is 1. The second-order valence-electron chi connectivity index (χ2n) is 4.54. The summed E-state index contributed by atoms with van der Waals surface area (Å²) < 4.78 is 4.99. The second kappa shape index (κ2) is 9.89. The molecule has 0 saturated carbocycles. The minimum Gasteiger partial charge on any atom is -0.383 e. The van der Waals surface area contributed by atoms with Crippen LogP contribution in [0.3, 0.4) is 0 Å². The summed E-state index contributed by atoms with van der Waals surface area (Å²) in [6.07, 6.45) is 2.08. The Bertz CT molecular complexity index is 505. The number of rotatable bonds is 10. The van der Waals surface area contributed by atoms with Crippen molar-refractivity contribution in [2.75, 3.05) is 26.8 Å². The average molecular weight is 323 g/mol. The van der Waals surface area contributed by atoms with E-state index in [9.17, 15) is 0 Å². The summed E-state index contributed by atoms with van der Waals surface area (Å²) in [6, 6.07) is 10.4.